The van der Waals surface area contributed by atoms with Crippen LogP contribution in [0.25, 0.3) is 6.08 Å². The molecule has 0 bridgehead atoms. The molecule has 3 rings (SSSR count). The number of rotatable bonds is 5. The zero-order valence-electron chi connectivity index (χ0n) is 13.8. The van der Waals surface area contributed by atoms with Gasteiger partial charge in [0.25, 0.3) is 17.1 Å². The van der Waals surface area contributed by atoms with E-state index in [1.54, 1.807) is 43.3 Å². The summed E-state index contributed by atoms with van der Waals surface area (Å²) in [4.78, 5) is 37.9. The number of halogens is 1. The fourth-order valence-corrected chi connectivity index (χ4v) is 3.44. The molecule has 0 saturated carbocycles. The maximum Gasteiger partial charge on any atom is 0.293 e. The average Bonchev–Trinajstić information content (AvgIpc) is 3.15. The highest BCUT2D eigenvalue weighted by Gasteiger charge is 2.34. The van der Waals surface area contributed by atoms with Gasteiger partial charge in [0.1, 0.15) is 0 Å². The maximum atomic E-state index is 12.4. The van der Waals surface area contributed by atoms with Crippen LogP contribution in [0.3, 0.4) is 0 Å². The van der Waals surface area contributed by atoms with Gasteiger partial charge in [0, 0.05) is 23.7 Å². The number of carbonyl (C=O) groups excluding carboxylic acids is 3. The SMILES string of the molecule is Cc1ccoc1C(=O)NCCN1C(=O)S/C(=C/c2ccccc2Cl)C1=O. The van der Waals surface area contributed by atoms with Crippen molar-refractivity contribution in [2.24, 2.45) is 0 Å². The molecule has 26 heavy (non-hydrogen) atoms. The van der Waals surface area contributed by atoms with Crippen LogP contribution < -0.4 is 5.32 Å². The van der Waals surface area contributed by atoms with E-state index in [0.29, 0.717) is 15.5 Å². The van der Waals surface area contributed by atoms with Crippen molar-refractivity contribution in [3.63, 3.8) is 0 Å². The van der Waals surface area contributed by atoms with Crippen LogP contribution in [0.2, 0.25) is 5.02 Å². The number of amides is 3. The van der Waals surface area contributed by atoms with Gasteiger partial charge in [-0.3, -0.25) is 19.3 Å². The van der Waals surface area contributed by atoms with Gasteiger partial charge >= 0.3 is 0 Å². The average molecular weight is 391 g/mol. The van der Waals surface area contributed by atoms with E-state index in [1.165, 1.54) is 6.26 Å². The molecule has 1 aliphatic heterocycles. The number of nitrogens with zero attached hydrogens (tertiary/aromatic N) is 1. The molecule has 0 spiro atoms. The van der Waals surface area contributed by atoms with E-state index in [-0.39, 0.29) is 30.0 Å². The molecule has 1 aromatic heterocycles. The third-order valence-corrected chi connectivity index (χ3v) is 5.01. The molecule has 0 radical (unpaired) electrons. The number of nitrogens with one attached hydrogen (secondary N) is 1. The van der Waals surface area contributed by atoms with Crippen molar-refractivity contribution in [3.8, 4) is 0 Å². The van der Waals surface area contributed by atoms with Crippen molar-refractivity contribution >= 4 is 46.5 Å². The quantitative estimate of drug-likeness (QED) is 0.787. The van der Waals surface area contributed by atoms with Crippen molar-refractivity contribution < 1.29 is 18.8 Å². The molecular weight excluding hydrogens is 376 g/mol. The van der Waals surface area contributed by atoms with Gasteiger partial charge in [0.15, 0.2) is 5.76 Å². The zero-order chi connectivity index (χ0) is 18.7. The smallest absolute Gasteiger partial charge is 0.293 e. The van der Waals surface area contributed by atoms with Crippen LogP contribution in [0, 0.1) is 6.92 Å². The van der Waals surface area contributed by atoms with Crippen LogP contribution in [0.1, 0.15) is 21.7 Å². The Hall–Kier alpha value is -2.51. The standard InChI is InChI=1S/C18H15ClN2O4S/c1-11-6-9-25-15(11)16(22)20-7-8-21-17(23)14(26-18(21)24)10-12-4-2-3-5-13(12)19/h2-6,9-10H,7-8H2,1H3,(H,20,22)/b14-10+. The number of thioether (sulfide) groups is 1. The lowest BCUT2D eigenvalue weighted by Gasteiger charge is -2.12. The molecule has 1 aromatic carbocycles. The van der Waals surface area contributed by atoms with Crippen LogP contribution in [-0.2, 0) is 4.79 Å². The third-order valence-electron chi connectivity index (χ3n) is 3.75. The van der Waals surface area contributed by atoms with E-state index in [2.05, 4.69) is 5.32 Å². The second-order valence-electron chi connectivity index (χ2n) is 5.54. The van der Waals surface area contributed by atoms with Gasteiger partial charge in [-0.1, -0.05) is 29.8 Å². The minimum atomic E-state index is -0.400. The summed E-state index contributed by atoms with van der Waals surface area (Å²) in [7, 11) is 0. The van der Waals surface area contributed by atoms with Gasteiger partial charge in [-0.25, -0.2) is 0 Å². The summed E-state index contributed by atoms with van der Waals surface area (Å²) in [5.41, 5.74) is 1.39. The zero-order valence-corrected chi connectivity index (χ0v) is 15.4. The van der Waals surface area contributed by atoms with E-state index < -0.39 is 5.91 Å². The molecule has 6 nitrogen and oxygen atoms in total. The Morgan fingerprint density at radius 1 is 1.31 bits per heavy atom. The number of imide groups is 1. The van der Waals surface area contributed by atoms with E-state index in [9.17, 15) is 14.4 Å². The molecule has 2 aromatic rings. The fourth-order valence-electron chi connectivity index (χ4n) is 2.39. The Bertz CT molecular complexity index is 906. The molecule has 1 saturated heterocycles. The summed E-state index contributed by atoms with van der Waals surface area (Å²) in [5.74, 6) is -0.563. The first kappa shape index (κ1) is 18.3. The monoisotopic (exact) mass is 390 g/mol. The molecule has 134 valence electrons. The predicted octanol–water partition coefficient (Wildman–Crippen LogP) is 3.71. The summed E-state index contributed by atoms with van der Waals surface area (Å²) in [5, 5.41) is 2.76. The lowest BCUT2D eigenvalue weighted by Crippen LogP contribution is -2.37. The Labute approximate surface area is 159 Å². The summed E-state index contributed by atoms with van der Waals surface area (Å²) < 4.78 is 5.10. The molecule has 2 heterocycles. The summed E-state index contributed by atoms with van der Waals surface area (Å²) >= 11 is 6.94. The second-order valence-corrected chi connectivity index (χ2v) is 6.94. The molecule has 0 unspecified atom stereocenters. The summed E-state index contributed by atoms with van der Waals surface area (Å²) in [6, 6.07) is 8.75. The van der Waals surface area contributed by atoms with Gasteiger partial charge < -0.3 is 9.73 Å². The number of furan rings is 1. The van der Waals surface area contributed by atoms with Crippen LogP contribution in [0.4, 0.5) is 4.79 Å². The number of hydrogen-bond acceptors (Lipinski definition) is 5. The highest BCUT2D eigenvalue weighted by atomic mass is 35.5. The lowest BCUT2D eigenvalue weighted by atomic mass is 10.2. The van der Waals surface area contributed by atoms with Gasteiger partial charge in [-0.05, 0) is 42.5 Å². The van der Waals surface area contributed by atoms with E-state index in [1.807, 2.05) is 0 Å². The van der Waals surface area contributed by atoms with E-state index >= 15 is 0 Å². The van der Waals surface area contributed by atoms with E-state index in [0.717, 1.165) is 22.2 Å². The molecule has 1 N–H and O–H groups in total. The van der Waals surface area contributed by atoms with Crippen molar-refractivity contribution in [2.45, 2.75) is 6.92 Å². The molecule has 3 amide bonds. The van der Waals surface area contributed by atoms with Gasteiger partial charge in [0.05, 0.1) is 11.2 Å². The normalized spacial score (nSPS) is 15.8. The minimum absolute atomic E-state index is 0.0794. The number of aryl methyl sites for hydroxylation is 1. The molecule has 8 heteroatoms. The maximum absolute atomic E-state index is 12.4. The van der Waals surface area contributed by atoms with Crippen LogP contribution in [0.5, 0.6) is 0 Å². The number of benzene rings is 1. The first-order valence-corrected chi connectivity index (χ1v) is 8.99. The summed E-state index contributed by atoms with van der Waals surface area (Å²) in [6.07, 6.45) is 3.03. The Morgan fingerprint density at radius 3 is 2.77 bits per heavy atom. The largest absolute Gasteiger partial charge is 0.459 e. The van der Waals surface area contributed by atoms with E-state index in [4.69, 9.17) is 16.0 Å². The first-order valence-electron chi connectivity index (χ1n) is 7.79. The van der Waals surface area contributed by atoms with Crippen molar-refractivity contribution in [1.82, 2.24) is 10.2 Å². The number of carbonyl (C=O) groups is 3. The fraction of sp³-hybridized carbons (Fsp3) is 0.167. The lowest BCUT2D eigenvalue weighted by molar-refractivity contribution is -0.122. The number of hydrogen-bond donors (Lipinski definition) is 1. The Balaban J connectivity index is 1.62. The van der Waals surface area contributed by atoms with Crippen molar-refractivity contribution in [2.75, 3.05) is 13.1 Å². The molecule has 1 aliphatic rings. The van der Waals surface area contributed by atoms with Crippen LogP contribution >= 0.6 is 23.4 Å². The Kier molecular flexibility index (Phi) is 5.49. The second kappa shape index (κ2) is 7.80. The van der Waals surface area contributed by atoms with Crippen molar-refractivity contribution in [3.05, 3.63) is 63.4 Å². The van der Waals surface area contributed by atoms with Crippen LogP contribution in [-0.4, -0.2) is 35.0 Å². The minimum Gasteiger partial charge on any atom is -0.459 e. The third kappa shape index (κ3) is 3.84. The topological polar surface area (TPSA) is 79.6 Å². The molecular formula is C18H15ClN2O4S. The highest BCUT2D eigenvalue weighted by molar-refractivity contribution is 8.18. The first-order chi connectivity index (χ1) is 12.5. The molecule has 0 atom stereocenters. The predicted molar refractivity (Wildman–Crippen MR) is 99.9 cm³/mol. The Morgan fingerprint density at radius 2 is 2.08 bits per heavy atom. The molecule has 0 aliphatic carbocycles. The molecule has 1 fully saturated rings. The summed E-state index contributed by atoms with van der Waals surface area (Å²) in [6.45, 7) is 1.97. The van der Waals surface area contributed by atoms with Gasteiger partial charge in [-0.15, -0.1) is 0 Å². The highest BCUT2D eigenvalue weighted by Crippen LogP contribution is 2.33. The van der Waals surface area contributed by atoms with Crippen LogP contribution in [0.15, 0.2) is 45.9 Å². The van der Waals surface area contributed by atoms with Crippen molar-refractivity contribution in [1.29, 1.82) is 0 Å². The van der Waals surface area contributed by atoms with Gasteiger partial charge in [-0.2, -0.15) is 0 Å². The van der Waals surface area contributed by atoms with Gasteiger partial charge in [0.2, 0.25) is 0 Å².